The summed E-state index contributed by atoms with van der Waals surface area (Å²) in [7, 11) is 3.90. The molecule has 2 heteroatoms. The van der Waals surface area contributed by atoms with Crippen LogP contribution in [0.3, 0.4) is 0 Å². The molecule has 1 aromatic carbocycles. The normalized spacial score (nSPS) is 22.1. The molecular weight excluding hydrogens is 198 g/mol. The minimum absolute atomic E-state index is 0.183. The highest BCUT2D eigenvalue weighted by atomic mass is 16.1. The van der Waals surface area contributed by atoms with Crippen molar-refractivity contribution in [2.75, 3.05) is 14.1 Å². The Kier molecular flexibility index (Phi) is 2.82. The van der Waals surface area contributed by atoms with Crippen LogP contribution in [0.1, 0.15) is 35.2 Å². The van der Waals surface area contributed by atoms with Gasteiger partial charge in [0, 0.05) is 31.4 Å². The first kappa shape index (κ1) is 10.9. The fourth-order valence-corrected chi connectivity index (χ4v) is 2.26. The van der Waals surface area contributed by atoms with E-state index in [-0.39, 0.29) is 5.78 Å². The van der Waals surface area contributed by atoms with Gasteiger partial charge in [-0.15, -0.1) is 0 Å². The number of allylic oxidation sites excluding steroid dienone is 1. The van der Waals surface area contributed by atoms with Crippen LogP contribution in [0.5, 0.6) is 0 Å². The maximum absolute atomic E-state index is 12.2. The smallest absolute Gasteiger partial charge is 0.190 e. The molecule has 0 spiro atoms. The van der Waals surface area contributed by atoms with Gasteiger partial charge in [-0.05, 0) is 17.9 Å². The summed E-state index contributed by atoms with van der Waals surface area (Å²) in [6, 6.07) is 7.92. The Labute approximate surface area is 96.6 Å². The van der Waals surface area contributed by atoms with Gasteiger partial charge in [-0.2, -0.15) is 0 Å². The van der Waals surface area contributed by atoms with E-state index in [9.17, 15) is 4.79 Å². The Morgan fingerprint density at radius 3 is 2.69 bits per heavy atom. The van der Waals surface area contributed by atoms with E-state index in [1.165, 1.54) is 5.56 Å². The lowest BCUT2D eigenvalue weighted by Gasteiger charge is -2.24. The average molecular weight is 215 g/mol. The first-order chi connectivity index (χ1) is 7.59. The molecule has 0 fully saturated rings. The van der Waals surface area contributed by atoms with Crippen LogP contribution in [0.2, 0.25) is 0 Å². The van der Waals surface area contributed by atoms with Gasteiger partial charge in [-0.3, -0.25) is 4.79 Å². The Morgan fingerprint density at radius 2 is 2.00 bits per heavy atom. The first-order valence-electron chi connectivity index (χ1n) is 5.60. The van der Waals surface area contributed by atoms with Gasteiger partial charge in [0.25, 0.3) is 0 Å². The van der Waals surface area contributed by atoms with Gasteiger partial charge in [0.15, 0.2) is 5.78 Å². The molecule has 0 aliphatic heterocycles. The molecular formula is C14H17NO. The maximum Gasteiger partial charge on any atom is 0.190 e. The number of carbonyl (C=O) groups excluding carboxylic acids is 1. The summed E-state index contributed by atoms with van der Waals surface area (Å²) in [5.74, 6) is 0.613. The standard InChI is InChI=1S/C14H17NO/c1-10-8-11(9-15(2)3)14(16)13-7-5-4-6-12(10)13/h4-7,9-10H,8H2,1-3H3. The molecule has 0 heterocycles. The predicted octanol–water partition coefficient (Wildman–Crippen LogP) is 2.82. The van der Waals surface area contributed by atoms with Crippen molar-refractivity contribution in [1.29, 1.82) is 0 Å². The summed E-state index contributed by atoms with van der Waals surface area (Å²) >= 11 is 0. The third-order valence-electron chi connectivity index (χ3n) is 2.97. The van der Waals surface area contributed by atoms with Gasteiger partial charge in [0.05, 0.1) is 0 Å². The number of hydrogen-bond donors (Lipinski definition) is 0. The lowest BCUT2D eigenvalue weighted by atomic mass is 9.80. The molecule has 0 saturated carbocycles. The van der Waals surface area contributed by atoms with E-state index in [0.29, 0.717) is 5.92 Å². The summed E-state index contributed by atoms with van der Waals surface area (Å²) in [5, 5.41) is 0. The molecule has 1 aromatic rings. The SMILES string of the molecule is CC1CC(=CN(C)C)C(=O)c2ccccc21. The number of benzene rings is 1. The predicted molar refractivity (Wildman–Crippen MR) is 65.6 cm³/mol. The molecule has 0 N–H and O–H groups in total. The van der Waals surface area contributed by atoms with Crippen LogP contribution in [-0.2, 0) is 0 Å². The van der Waals surface area contributed by atoms with E-state index in [0.717, 1.165) is 17.6 Å². The number of carbonyl (C=O) groups is 1. The molecule has 1 aliphatic carbocycles. The molecule has 0 radical (unpaired) electrons. The Morgan fingerprint density at radius 1 is 1.31 bits per heavy atom. The summed E-state index contributed by atoms with van der Waals surface area (Å²) in [6.07, 6.45) is 2.78. The largest absolute Gasteiger partial charge is 0.383 e. The van der Waals surface area contributed by atoms with Crippen molar-refractivity contribution in [2.45, 2.75) is 19.3 Å². The molecule has 84 valence electrons. The molecule has 0 saturated heterocycles. The highest BCUT2D eigenvalue weighted by molar-refractivity contribution is 6.10. The number of hydrogen-bond acceptors (Lipinski definition) is 2. The second-order valence-electron chi connectivity index (χ2n) is 4.64. The first-order valence-corrected chi connectivity index (χ1v) is 5.60. The average Bonchev–Trinajstić information content (AvgIpc) is 2.25. The molecule has 1 atom stereocenters. The molecule has 0 aromatic heterocycles. The van der Waals surface area contributed by atoms with Crippen molar-refractivity contribution in [3.63, 3.8) is 0 Å². The van der Waals surface area contributed by atoms with Crippen LogP contribution in [0, 0.1) is 0 Å². The zero-order valence-corrected chi connectivity index (χ0v) is 10.0. The number of Topliss-reactive ketones (excluding diaryl/α,β-unsaturated/α-hetero) is 1. The van der Waals surface area contributed by atoms with Crippen molar-refractivity contribution in [2.24, 2.45) is 0 Å². The van der Waals surface area contributed by atoms with Crippen LogP contribution in [0.25, 0.3) is 0 Å². The third-order valence-corrected chi connectivity index (χ3v) is 2.97. The molecule has 0 bridgehead atoms. The monoisotopic (exact) mass is 215 g/mol. The summed E-state index contributed by atoms with van der Waals surface area (Å²) in [4.78, 5) is 14.1. The van der Waals surface area contributed by atoms with Crippen LogP contribution in [-0.4, -0.2) is 24.8 Å². The van der Waals surface area contributed by atoms with Gasteiger partial charge in [-0.25, -0.2) is 0 Å². The van der Waals surface area contributed by atoms with Gasteiger partial charge in [0.1, 0.15) is 0 Å². The van der Waals surface area contributed by atoms with Gasteiger partial charge in [0.2, 0.25) is 0 Å². The minimum atomic E-state index is 0.183. The Balaban J connectivity index is 2.46. The van der Waals surface area contributed by atoms with Gasteiger partial charge < -0.3 is 4.90 Å². The second kappa shape index (κ2) is 4.12. The molecule has 1 aliphatic rings. The summed E-state index contributed by atoms with van der Waals surface area (Å²) in [6.45, 7) is 2.18. The van der Waals surface area contributed by atoms with Crippen molar-refractivity contribution in [1.82, 2.24) is 4.90 Å². The molecule has 1 unspecified atom stereocenters. The third kappa shape index (κ3) is 1.87. The summed E-state index contributed by atoms with van der Waals surface area (Å²) < 4.78 is 0. The zero-order chi connectivity index (χ0) is 11.7. The summed E-state index contributed by atoms with van der Waals surface area (Å²) in [5.41, 5.74) is 2.97. The van der Waals surface area contributed by atoms with Crippen LogP contribution >= 0.6 is 0 Å². The molecule has 2 rings (SSSR count). The Bertz CT molecular complexity index is 446. The lowest BCUT2D eigenvalue weighted by molar-refractivity contribution is 0.102. The van der Waals surface area contributed by atoms with Crippen LogP contribution in [0.15, 0.2) is 36.0 Å². The number of nitrogens with zero attached hydrogens (tertiary/aromatic N) is 1. The molecule has 2 nitrogen and oxygen atoms in total. The topological polar surface area (TPSA) is 20.3 Å². The zero-order valence-electron chi connectivity index (χ0n) is 10.0. The number of rotatable bonds is 1. The highest BCUT2D eigenvalue weighted by Crippen LogP contribution is 2.33. The quantitative estimate of drug-likeness (QED) is 0.671. The van der Waals surface area contributed by atoms with E-state index in [4.69, 9.17) is 0 Å². The fourth-order valence-electron chi connectivity index (χ4n) is 2.26. The maximum atomic E-state index is 12.2. The van der Waals surface area contributed by atoms with Crippen molar-refractivity contribution < 1.29 is 4.79 Å². The van der Waals surface area contributed by atoms with Crippen molar-refractivity contribution >= 4 is 5.78 Å². The van der Waals surface area contributed by atoms with Gasteiger partial charge >= 0.3 is 0 Å². The fraction of sp³-hybridized carbons (Fsp3) is 0.357. The van der Waals surface area contributed by atoms with Crippen molar-refractivity contribution in [3.05, 3.63) is 47.2 Å². The minimum Gasteiger partial charge on any atom is -0.383 e. The highest BCUT2D eigenvalue weighted by Gasteiger charge is 2.26. The van der Waals surface area contributed by atoms with E-state index >= 15 is 0 Å². The number of ketones is 1. The van der Waals surface area contributed by atoms with E-state index in [1.54, 1.807) is 0 Å². The van der Waals surface area contributed by atoms with E-state index in [2.05, 4.69) is 13.0 Å². The lowest BCUT2D eigenvalue weighted by Crippen LogP contribution is -2.19. The number of fused-ring (bicyclic) bond motifs is 1. The molecule has 0 amide bonds. The van der Waals surface area contributed by atoms with Crippen LogP contribution in [0.4, 0.5) is 0 Å². The van der Waals surface area contributed by atoms with Gasteiger partial charge in [-0.1, -0.05) is 31.2 Å². The second-order valence-corrected chi connectivity index (χ2v) is 4.64. The van der Waals surface area contributed by atoms with Crippen LogP contribution < -0.4 is 0 Å². The molecule has 16 heavy (non-hydrogen) atoms. The van der Waals surface area contributed by atoms with E-state index in [1.807, 2.05) is 43.4 Å². The van der Waals surface area contributed by atoms with Crippen molar-refractivity contribution in [3.8, 4) is 0 Å². The van der Waals surface area contributed by atoms with E-state index < -0.39 is 0 Å². The Hall–Kier alpha value is -1.57.